The van der Waals surface area contributed by atoms with Crippen molar-refractivity contribution in [1.29, 1.82) is 0 Å². The van der Waals surface area contributed by atoms with Crippen molar-refractivity contribution < 1.29 is 8.42 Å². The fourth-order valence-electron chi connectivity index (χ4n) is 4.73. The summed E-state index contributed by atoms with van der Waals surface area (Å²) < 4.78 is 32.1. The molecule has 0 aromatic carbocycles. The van der Waals surface area contributed by atoms with Crippen LogP contribution in [0.1, 0.15) is 49.8 Å². The second-order valence-electron chi connectivity index (χ2n) is 9.65. The first-order valence-corrected chi connectivity index (χ1v) is 14.5. The summed E-state index contributed by atoms with van der Waals surface area (Å²) in [5.41, 5.74) is 5.44. The average molecular weight is 524 g/mol. The molecular weight excluding hydrogens is 494 g/mol. The van der Waals surface area contributed by atoms with E-state index in [0.29, 0.717) is 15.7 Å². The van der Waals surface area contributed by atoms with Crippen LogP contribution in [0, 0.1) is 6.92 Å². The van der Waals surface area contributed by atoms with Gasteiger partial charge in [0, 0.05) is 38.1 Å². The lowest BCUT2D eigenvalue weighted by Crippen LogP contribution is -2.28. The van der Waals surface area contributed by atoms with Crippen LogP contribution in [-0.4, -0.2) is 50.0 Å². The van der Waals surface area contributed by atoms with Gasteiger partial charge in [0.15, 0.2) is 11.5 Å². The Labute approximate surface area is 214 Å². The normalized spacial score (nSPS) is 16.6. The van der Waals surface area contributed by atoms with Crippen LogP contribution >= 0.6 is 11.3 Å². The molecule has 2 aliphatic carbocycles. The van der Waals surface area contributed by atoms with Gasteiger partial charge in [-0.25, -0.2) is 18.4 Å². The number of sulfonamides is 1. The zero-order valence-corrected chi connectivity index (χ0v) is 22.2. The Morgan fingerprint density at radius 3 is 2.72 bits per heavy atom. The number of rotatable bonds is 7. The lowest BCUT2D eigenvalue weighted by Gasteiger charge is -2.15. The van der Waals surface area contributed by atoms with Gasteiger partial charge < -0.3 is 5.32 Å². The van der Waals surface area contributed by atoms with Gasteiger partial charge in [0.05, 0.1) is 28.8 Å². The van der Waals surface area contributed by atoms with Crippen molar-refractivity contribution in [3.05, 3.63) is 48.2 Å². The van der Waals surface area contributed by atoms with E-state index in [1.165, 1.54) is 27.6 Å². The monoisotopic (exact) mass is 523 g/mol. The molecule has 0 radical (unpaired) electrons. The van der Waals surface area contributed by atoms with Gasteiger partial charge in [0.2, 0.25) is 0 Å². The number of thiophene rings is 1. The topological polar surface area (TPSA) is 97.4 Å². The lowest BCUT2D eigenvalue weighted by atomic mass is 9.97. The van der Waals surface area contributed by atoms with Crippen molar-refractivity contribution in [2.24, 2.45) is 7.05 Å². The van der Waals surface area contributed by atoms with E-state index in [-0.39, 0.29) is 6.04 Å². The van der Waals surface area contributed by atoms with E-state index < -0.39 is 10.0 Å². The zero-order chi connectivity index (χ0) is 25.0. The Hall–Kier alpha value is -3.02. The Morgan fingerprint density at radius 1 is 1.19 bits per heavy atom. The third-order valence-corrected chi connectivity index (χ3v) is 10.6. The molecule has 1 N–H and O–H groups in total. The quantitative estimate of drug-likeness (QED) is 0.367. The van der Waals surface area contributed by atoms with Crippen LogP contribution in [0.2, 0.25) is 0 Å². The van der Waals surface area contributed by atoms with E-state index in [0.717, 1.165) is 59.6 Å². The van der Waals surface area contributed by atoms with Crippen molar-refractivity contribution >= 4 is 43.4 Å². The van der Waals surface area contributed by atoms with Gasteiger partial charge in [-0.3, -0.25) is 9.08 Å². The molecule has 11 heteroatoms. The number of aryl methyl sites for hydroxylation is 2. The molecule has 9 nitrogen and oxygen atoms in total. The molecule has 188 valence electrons. The van der Waals surface area contributed by atoms with Crippen LogP contribution in [0.15, 0.2) is 41.1 Å². The van der Waals surface area contributed by atoms with Crippen LogP contribution in [0.5, 0.6) is 0 Å². The number of hydrogen-bond acceptors (Lipinski definition) is 7. The second-order valence-corrected chi connectivity index (χ2v) is 12.9. The van der Waals surface area contributed by atoms with Crippen molar-refractivity contribution in [2.75, 3.05) is 12.4 Å². The van der Waals surface area contributed by atoms with Gasteiger partial charge >= 0.3 is 0 Å². The predicted molar refractivity (Wildman–Crippen MR) is 142 cm³/mol. The van der Waals surface area contributed by atoms with Gasteiger partial charge in [0.1, 0.15) is 4.21 Å². The molecule has 2 aliphatic rings. The number of allylic oxidation sites excluding steroid dienone is 2. The van der Waals surface area contributed by atoms with E-state index in [4.69, 9.17) is 4.98 Å². The van der Waals surface area contributed by atoms with Crippen LogP contribution in [-0.2, 0) is 17.1 Å². The highest BCUT2D eigenvalue weighted by atomic mass is 32.2. The molecule has 6 rings (SSSR count). The van der Waals surface area contributed by atoms with Gasteiger partial charge in [0.25, 0.3) is 10.0 Å². The Balaban J connectivity index is 1.43. The van der Waals surface area contributed by atoms with Crippen LogP contribution in [0.3, 0.4) is 0 Å². The summed E-state index contributed by atoms with van der Waals surface area (Å²) in [6.07, 6.45) is 16.2. The first kappa shape index (κ1) is 23.4. The summed E-state index contributed by atoms with van der Waals surface area (Å²) >= 11 is 1.25. The first-order valence-electron chi connectivity index (χ1n) is 12.2. The summed E-state index contributed by atoms with van der Waals surface area (Å²) in [5, 5.41) is 8.46. The molecule has 0 amide bonds. The van der Waals surface area contributed by atoms with Gasteiger partial charge in [-0.05, 0) is 62.7 Å². The van der Waals surface area contributed by atoms with Gasteiger partial charge in [-0.15, -0.1) is 11.3 Å². The maximum Gasteiger partial charge on any atom is 0.252 e. The highest BCUT2D eigenvalue weighted by Gasteiger charge is 2.36. The molecule has 0 aliphatic heterocycles. The van der Waals surface area contributed by atoms with Crippen molar-refractivity contribution in [2.45, 2.75) is 55.7 Å². The number of aromatic nitrogens is 5. The SMILES string of the molecule is Cc1cc(Nc2nc(C3=CCCCC3)cn3c(-c4cnn(C)c4)cnc23)sc1S(=O)(=O)N(C)C1CC1. The van der Waals surface area contributed by atoms with Crippen LogP contribution < -0.4 is 5.32 Å². The summed E-state index contributed by atoms with van der Waals surface area (Å²) in [6, 6.07) is 2.00. The molecule has 0 unspecified atom stereocenters. The molecule has 0 atom stereocenters. The maximum absolute atomic E-state index is 13.2. The third kappa shape index (κ3) is 4.14. The molecule has 0 bridgehead atoms. The van der Waals surface area contributed by atoms with Gasteiger partial charge in [-0.1, -0.05) is 6.08 Å². The Kier molecular flexibility index (Phi) is 5.73. The lowest BCUT2D eigenvalue weighted by molar-refractivity contribution is 0.465. The molecule has 4 heterocycles. The minimum Gasteiger partial charge on any atom is -0.329 e. The largest absolute Gasteiger partial charge is 0.329 e. The fraction of sp³-hybridized carbons (Fsp3) is 0.400. The predicted octanol–water partition coefficient (Wildman–Crippen LogP) is 4.98. The van der Waals surface area contributed by atoms with E-state index in [1.807, 2.05) is 44.8 Å². The number of nitrogens with zero attached hydrogens (tertiary/aromatic N) is 6. The van der Waals surface area contributed by atoms with Crippen molar-refractivity contribution in [3.8, 4) is 11.3 Å². The molecule has 1 fully saturated rings. The number of fused-ring (bicyclic) bond motifs is 1. The average Bonchev–Trinajstić information content (AvgIpc) is 3.30. The summed E-state index contributed by atoms with van der Waals surface area (Å²) in [6.45, 7) is 1.84. The molecular formula is C25H29N7O2S2. The van der Waals surface area contributed by atoms with E-state index in [1.54, 1.807) is 11.7 Å². The zero-order valence-electron chi connectivity index (χ0n) is 20.6. The smallest absolute Gasteiger partial charge is 0.252 e. The maximum atomic E-state index is 13.2. The number of imidazole rings is 1. The highest BCUT2D eigenvalue weighted by Crippen LogP contribution is 2.38. The first-order chi connectivity index (χ1) is 17.3. The summed E-state index contributed by atoms with van der Waals surface area (Å²) in [7, 11) is 0.0476. The van der Waals surface area contributed by atoms with E-state index >= 15 is 0 Å². The molecule has 0 saturated heterocycles. The molecule has 0 spiro atoms. The number of hydrogen-bond donors (Lipinski definition) is 1. The Bertz CT molecular complexity index is 1590. The molecule has 4 aromatic heterocycles. The standard InChI is InChI=1S/C25H29N7O2S2/c1-16-11-22(35-25(16)36(33,34)31(3)19-9-10-19)29-23-24-26-13-21(18-12-27-30(2)14-18)32(24)15-20(28-23)17-7-5-4-6-8-17/h7,11-15,19H,4-6,8-10H2,1-3H3,(H,28,29). The molecule has 1 saturated carbocycles. The fourth-order valence-corrected chi connectivity index (χ4v) is 7.91. The summed E-state index contributed by atoms with van der Waals surface area (Å²) in [5.74, 6) is 0.606. The van der Waals surface area contributed by atoms with Crippen molar-refractivity contribution in [3.63, 3.8) is 0 Å². The molecule has 36 heavy (non-hydrogen) atoms. The van der Waals surface area contributed by atoms with E-state index in [2.05, 4.69) is 25.9 Å². The summed E-state index contributed by atoms with van der Waals surface area (Å²) in [4.78, 5) is 9.65. The number of nitrogens with one attached hydrogen (secondary N) is 1. The van der Waals surface area contributed by atoms with Crippen LogP contribution in [0.4, 0.5) is 10.8 Å². The number of anilines is 2. The van der Waals surface area contributed by atoms with E-state index in [9.17, 15) is 8.42 Å². The molecule has 4 aromatic rings. The van der Waals surface area contributed by atoms with Crippen molar-refractivity contribution in [1.82, 2.24) is 28.5 Å². The highest BCUT2D eigenvalue weighted by molar-refractivity contribution is 7.91. The minimum atomic E-state index is -3.52. The second kappa shape index (κ2) is 8.82. The van der Waals surface area contributed by atoms with Gasteiger partial charge in [-0.2, -0.15) is 9.40 Å². The Morgan fingerprint density at radius 2 is 2.03 bits per heavy atom. The third-order valence-electron chi connectivity index (χ3n) is 6.90. The minimum absolute atomic E-state index is 0.116. The van der Waals surface area contributed by atoms with Crippen LogP contribution in [0.25, 0.3) is 22.5 Å².